The third-order valence-corrected chi connectivity index (χ3v) is 4.41. The largest absolute Gasteiger partial charge is 0.295 e. The third-order valence-electron chi connectivity index (χ3n) is 3.66. The zero-order valence-corrected chi connectivity index (χ0v) is 13.2. The lowest BCUT2D eigenvalue weighted by molar-refractivity contribution is 0.640. The first-order valence-electron chi connectivity index (χ1n) is 6.73. The van der Waals surface area contributed by atoms with Gasteiger partial charge >= 0.3 is 0 Å². The van der Waals surface area contributed by atoms with Crippen LogP contribution in [0.25, 0.3) is 27.5 Å². The second-order valence-electron chi connectivity index (χ2n) is 5.00. The molecule has 0 amide bonds. The van der Waals surface area contributed by atoms with Gasteiger partial charge in [-0.25, -0.2) is 14.4 Å². The molecule has 0 saturated heterocycles. The van der Waals surface area contributed by atoms with Crippen LogP contribution in [0.3, 0.4) is 0 Å². The number of hydrogen-bond donors (Lipinski definition) is 0. The topological polar surface area (TPSA) is 30.2 Å². The predicted molar refractivity (Wildman–Crippen MR) is 90.2 cm³/mol. The van der Waals surface area contributed by atoms with Gasteiger partial charge in [0, 0.05) is 5.39 Å². The highest BCUT2D eigenvalue weighted by Crippen LogP contribution is 2.29. The summed E-state index contributed by atoms with van der Waals surface area (Å²) in [7, 11) is 0. The molecule has 3 nitrogen and oxygen atoms in total. The molecule has 3 aromatic heterocycles. The maximum Gasteiger partial charge on any atom is 0.132 e. The molecule has 4 rings (SSSR count). The van der Waals surface area contributed by atoms with E-state index in [9.17, 15) is 4.39 Å². The molecular weight excluding hydrogens is 321 g/mol. The summed E-state index contributed by atoms with van der Waals surface area (Å²) in [6.45, 7) is 0. The number of rotatable bonds is 2. The highest BCUT2D eigenvalue weighted by atomic mass is 35.5. The van der Waals surface area contributed by atoms with Crippen molar-refractivity contribution in [2.45, 2.75) is 5.75 Å². The van der Waals surface area contributed by atoms with Gasteiger partial charge in [-0.2, -0.15) is 11.8 Å². The van der Waals surface area contributed by atoms with Gasteiger partial charge in [0.05, 0.1) is 22.3 Å². The number of pyridine rings is 1. The fourth-order valence-corrected chi connectivity index (χ4v) is 3.37. The highest BCUT2D eigenvalue weighted by Gasteiger charge is 2.15. The highest BCUT2D eigenvalue weighted by molar-refractivity contribution is 7.97. The monoisotopic (exact) mass is 331 g/mol. The molecule has 22 heavy (non-hydrogen) atoms. The van der Waals surface area contributed by atoms with Crippen LogP contribution in [0.5, 0.6) is 0 Å². The van der Waals surface area contributed by atoms with Gasteiger partial charge in [0.2, 0.25) is 0 Å². The van der Waals surface area contributed by atoms with Crippen molar-refractivity contribution in [2.75, 3.05) is 6.26 Å². The van der Waals surface area contributed by atoms with Crippen LogP contribution in [-0.4, -0.2) is 20.6 Å². The van der Waals surface area contributed by atoms with Gasteiger partial charge in [0.25, 0.3) is 0 Å². The van der Waals surface area contributed by atoms with Crippen LogP contribution in [0.1, 0.15) is 5.82 Å². The first kappa shape index (κ1) is 13.8. The molecule has 1 aromatic carbocycles. The molecule has 6 heteroatoms. The maximum atomic E-state index is 14.1. The fraction of sp³-hybridized carbons (Fsp3) is 0.125. The smallest absolute Gasteiger partial charge is 0.132 e. The number of thioether (sulfide) groups is 1. The van der Waals surface area contributed by atoms with Crippen molar-refractivity contribution in [3.05, 3.63) is 53.2 Å². The van der Waals surface area contributed by atoms with E-state index in [0.29, 0.717) is 16.1 Å². The van der Waals surface area contributed by atoms with Crippen LogP contribution in [0, 0.1) is 5.82 Å². The number of aromatic nitrogens is 3. The van der Waals surface area contributed by atoms with E-state index >= 15 is 0 Å². The summed E-state index contributed by atoms with van der Waals surface area (Å²) < 4.78 is 16.1. The average Bonchev–Trinajstić information content (AvgIpc) is 2.90. The molecule has 4 aromatic rings. The lowest BCUT2D eigenvalue weighted by Gasteiger charge is -2.08. The number of hydrogen-bond acceptors (Lipinski definition) is 3. The average molecular weight is 332 g/mol. The minimum absolute atomic E-state index is 0.244. The van der Waals surface area contributed by atoms with E-state index in [2.05, 4.69) is 9.97 Å². The first-order chi connectivity index (χ1) is 10.7. The van der Waals surface area contributed by atoms with Crippen molar-refractivity contribution in [1.82, 2.24) is 14.4 Å². The molecule has 0 aliphatic heterocycles. The first-order valence-corrected chi connectivity index (χ1v) is 8.50. The Kier molecular flexibility index (Phi) is 3.20. The predicted octanol–water partition coefficient (Wildman–Crippen LogP) is 4.69. The Balaban J connectivity index is 2.27. The minimum atomic E-state index is -0.244. The summed E-state index contributed by atoms with van der Waals surface area (Å²) in [5, 5.41) is 0.973. The minimum Gasteiger partial charge on any atom is -0.295 e. The summed E-state index contributed by atoms with van der Waals surface area (Å²) in [6, 6.07) is 10.5. The zero-order chi connectivity index (χ0) is 15.3. The number of nitrogens with zero attached hydrogens (tertiary/aromatic N) is 3. The molecule has 0 saturated carbocycles. The molecule has 0 fully saturated rings. The van der Waals surface area contributed by atoms with Crippen LogP contribution in [0.4, 0.5) is 4.39 Å². The lowest BCUT2D eigenvalue weighted by Crippen LogP contribution is -2.01. The summed E-state index contributed by atoms with van der Waals surface area (Å²) in [5.74, 6) is 1.36. The number of halogens is 2. The van der Waals surface area contributed by atoms with Gasteiger partial charge in [-0.1, -0.05) is 17.7 Å². The second-order valence-corrected chi connectivity index (χ2v) is 6.25. The summed E-state index contributed by atoms with van der Waals surface area (Å²) in [4.78, 5) is 9.07. The van der Waals surface area contributed by atoms with Crippen molar-refractivity contribution >= 4 is 50.8 Å². The zero-order valence-electron chi connectivity index (χ0n) is 11.7. The summed E-state index contributed by atoms with van der Waals surface area (Å²) >= 11 is 7.70. The normalized spacial score (nSPS) is 11.8. The van der Waals surface area contributed by atoms with Crippen molar-refractivity contribution in [2.24, 2.45) is 0 Å². The molecule has 110 valence electrons. The summed E-state index contributed by atoms with van der Waals surface area (Å²) in [6.07, 6.45) is 2.02. The van der Waals surface area contributed by atoms with Gasteiger partial charge in [0.15, 0.2) is 0 Å². The van der Waals surface area contributed by atoms with Crippen LogP contribution in [-0.2, 0) is 5.75 Å². The van der Waals surface area contributed by atoms with Gasteiger partial charge < -0.3 is 0 Å². The molecule has 0 unspecified atom stereocenters. The van der Waals surface area contributed by atoms with E-state index in [0.717, 1.165) is 28.1 Å². The van der Waals surface area contributed by atoms with E-state index in [1.165, 1.54) is 6.07 Å². The summed E-state index contributed by atoms with van der Waals surface area (Å²) in [5.41, 5.74) is 3.09. The van der Waals surface area contributed by atoms with Crippen molar-refractivity contribution in [1.29, 1.82) is 0 Å². The third kappa shape index (κ3) is 1.96. The van der Waals surface area contributed by atoms with E-state index in [1.807, 2.05) is 28.9 Å². The van der Waals surface area contributed by atoms with E-state index in [4.69, 9.17) is 11.6 Å². The molecule has 0 radical (unpaired) electrons. The molecular formula is C16H11ClFN3S. The Labute approximate surface area is 135 Å². The van der Waals surface area contributed by atoms with Gasteiger partial charge in [0.1, 0.15) is 22.3 Å². The van der Waals surface area contributed by atoms with Crippen LogP contribution in [0.15, 0.2) is 36.4 Å². The molecule has 0 N–H and O–H groups in total. The standard InChI is InChI=1S/C16H11ClFN3S/c1-22-8-15-19-11-5-6-14(17)20-16(11)13-7-9-10(18)3-2-4-12(9)21(13)15/h2-7H,8H2,1H3. The Morgan fingerprint density at radius 1 is 1.18 bits per heavy atom. The van der Waals surface area contributed by atoms with Gasteiger partial charge in [-0.15, -0.1) is 0 Å². The van der Waals surface area contributed by atoms with E-state index < -0.39 is 0 Å². The molecule has 0 spiro atoms. The van der Waals surface area contributed by atoms with Crippen LogP contribution >= 0.6 is 23.4 Å². The van der Waals surface area contributed by atoms with Gasteiger partial charge in [-0.05, 0) is 36.6 Å². The van der Waals surface area contributed by atoms with Crippen LogP contribution < -0.4 is 0 Å². The SMILES string of the molecule is CSCc1nc2ccc(Cl)nc2c2cc3c(F)cccc3n12. The maximum absolute atomic E-state index is 14.1. The van der Waals surface area contributed by atoms with Crippen molar-refractivity contribution < 1.29 is 4.39 Å². The quantitative estimate of drug-likeness (QED) is 0.499. The Hall–Kier alpha value is -1.85. The molecule has 3 heterocycles. The lowest BCUT2D eigenvalue weighted by atomic mass is 10.2. The number of benzene rings is 1. The fourth-order valence-electron chi connectivity index (χ4n) is 2.77. The van der Waals surface area contributed by atoms with Crippen molar-refractivity contribution in [3.63, 3.8) is 0 Å². The Morgan fingerprint density at radius 3 is 2.86 bits per heavy atom. The number of fused-ring (bicyclic) bond motifs is 5. The molecule has 0 atom stereocenters. The van der Waals surface area contributed by atoms with E-state index in [1.54, 1.807) is 23.9 Å². The van der Waals surface area contributed by atoms with Gasteiger partial charge in [-0.3, -0.25) is 4.40 Å². The Morgan fingerprint density at radius 2 is 2.05 bits per heavy atom. The van der Waals surface area contributed by atoms with Crippen molar-refractivity contribution in [3.8, 4) is 0 Å². The molecule has 0 aliphatic rings. The molecule has 0 aliphatic carbocycles. The van der Waals surface area contributed by atoms with Crippen LogP contribution in [0.2, 0.25) is 5.15 Å². The second kappa shape index (κ2) is 5.11. The van der Waals surface area contributed by atoms with E-state index in [-0.39, 0.29) is 5.82 Å². The molecule has 0 bridgehead atoms. The Bertz CT molecular complexity index is 1030.